The number of nitrogens with two attached hydrogens (primary N) is 1. The summed E-state index contributed by atoms with van der Waals surface area (Å²) in [6.45, 7) is 0. The minimum absolute atomic E-state index is 0.639. The smallest absolute Gasteiger partial charge is 0.123 e. The molecule has 304 valence electrons. The van der Waals surface area contributed by atoms with Gasteiger partial charge in [-0.05, 0) is 119 Å². The molecule has 5 heterocycles. The molecule has 0 saturated carbocycles. The highest BCUT2D eigenvalue weighted by molar-refractivity contribution is 6.00. The maximum absolute atomic E-state index is 6.21. The van der Waals surface area contributed by atoms with Crippen LogP contribution in [0.15, 0.2) is 103 Å². The number of fused-ring (bicyclic) bond motifs is 8. The van der Waals surface area contributed by atoms with E-state index in [0.717, 1.165) is 89.4 Å². The van der Waals surface area contributed by atoms with Gasteiger partial charge < -0.3 is 44.1 Å². The summed E-state index contributed by atoms with van der Waals surface area (Å²) in [4.78, 5) is 18.4. The molecule has 0 fully saturated rings. The van der Waals surface area contributed by atoms with Crippen molar-refractivity contribution in [1.82, 2.24) is 19.9 Å². The number of hydrogen-bond acceptors (Lipinski definition) is 9. The van der Waals surface area contributed by atoms with Gasteiger partial charge in [0.05, 0.1) is 65.4 Å². The number of aromatic nitrogens is 4. The highest BCUT2D eigenvalue weighted by atomic mass is 16.5. The van der Waals surface area contributed by atoms with Gasteiger partial charge in [-0.3, -0.25) is 0 Å². The van der Waals surface area contributed by atoms with Gasteiger partial charge in [0.2, 0.25) is 0 Å². The summed E-state index contributed by atoms with van der Waals surface area (Å²) >= 11 is 0. The van der Waals surface area contributed by atoms with Gasteiger partial charge in [-0.25, -0.2) is 9.97 Å². The van der Waals surface area contributed by atoms with Crippen molar-refractivity contribution >= 4 is 52.1 Å². The maximum Gasteiger partial charge on any atom is 0.123 e. The van der Waals surface area contributed by atoms with Gasteiger partial charge in [0, 0.05) is 68.2 Å². The molecule has 3 aromatic heterocycles. The molecule has 61 heavy (non-hydrogen) atoms. The van der Waals surface area contributed by atoms with Crippen molar-refractivity contribution < 1.29 is 28.4 Å². The third-order valence-electron chi connectivity index (χ3n) is 10.9. The first-order valence-electron chi connectivity index (χ1n) is 19.5. The first kappa shape index (κ1) is 38.6. The Kier molecular flexibility index (Phi) is 10.1. The fraction of sp³-hybridized carbons (Fsp3) is 0.120. The summed E-state index contributed by atoms with van der Waals surface area (Å²) < 4.78 is 34.6. The van der Waals surface area contributed by atoms with Gasteiger partial charge in [0.25, 0.3) is 0 Å². The van der Waals surface area contributed by atoms with Crippen molar-refractivity contribution in [3.8, 4) is 79.0 Å². The maximum atomic E-state index is 6.21. The molecule has 0 radical (unpaired) electrons. The van der Waals surface area contributed by atoms with Gasteiger partial charge in [-0.15, -0.1) is 0 Å². The van der Waals surface area contributed by atoms with Crippen LogP contribution in [-0.2, 0) is 0 Å². The lowest BCUT2D eigenvalue weighted by atomic mass is 10.0. The van der Waals surface area contributed by atoms with Crippen LogP contribution in [0.3, 0.4) is 0 Å². The van der Waals surface area contributed by atoms with Crippen LogP contribution in [0.1, 0.15) is 22.8 Å². The largest absolute Gasteiger partial charge is 0.497 e. The molecule has 0 atom stereocenters. The van der Waals surface area contributed by atoms with Gasteiger partial charge >= 0.3 is 0 Å². The van der Waals surface area contributed by atoms with Crippen molar-refractivity contribution in [2.75, 3.05) is 48.4 Å². The highest BCUT2D eigenvalue weighted by Gasteiger charge is 2.21. The predicted molar refractivity (Wildman–Crippen MR) is 244 cm³/mol. The molecule has 0 spiro atoms. The molecule has 2 aliphatic rings. The van der Waals surface area contributed by atoms with Crippen LogP contribution in [0.2, 0.25) is 0 Å². The standard InChI is InChI=1S/C50H43N5O6/c1-56-33-19-29(20-34(25-33)57-2)48-41-13-11-39(52-41)47(28-7-9-32(51)10-8-28)40-12-14-42(53-40)49(30-21-35(58-3)26-36(22-30)59-4)44-16-18-46(55-44)50(45-17-15-43(48)54-45)31-23-37(60-5)27-38(24-31)61-6/h7-27,52,55H,51H2,1-6H3. The minimum atomic E-state index is 0.639. The summed E-state index contributed by atoms with van der Waals surface area (Å²) in [7, 11) is 9.86. The Morgan fingerprint density at radius 3 is 0.869 bits per heavy atom. The van der Waals surface area contributed by atoms with Gasteiger partial charge in [-0.2, -0.15) is 0 Å². The molecule has 11 heteroatoms. The number of H-pyrrole nitrogens is 2. The lowest BCUT2D eigenvalue weighted by Crippen LogP contribution is -1.93. The Bertz CT molecular complexity index is 2950. The van der Waals surface area contributed by atoms with Gasteiger partial charge in [-0.1, -0.05) is 12.1 Å². The number of benzene rings is 4. The fourth-order valence-electron chi connectivity index (χ4n) is 7.93. The van der Waals surface area contributed by atoms with E-state index in [9.17, 15) is 0 Å². The van der Waals surface area contributed by atoms with E-state index >= 15 is 0 Å². The number of methoxy groups -OCH3 is 6. The van der Waals surface area contributed by atoms with Crippen molar-refractivity contribution in [1.29, 1.82) is 0 Å². The Morgan fingerprint density at radius 2 is 0.607 bits per heavy atom. The number of nitrogens with zero attached hydrogens (tertiary/aromatic N) is 2. The first-order chi connectivity index (χ1) is 29.8. The first-order valence-corrected chi connectivity index (χ1v) is 19.5. The number of rotatable bonds is 10. The molecule has 0 aliphatic carbocycles. The lowest BCUT2D eigenvalue weighted by Gasteiger charge is -2.11. The van der Waals surface area contributed by atoms with E-state index in [1.54, 1.807) is 42.7 Å². The normalized spacial score (nSPS) is 11.7. The van der Waals surface area contributed by atoms with E-state index in [2.05, 4.69) is 34.2 Å². The lowest BCUT2D eigenvalue weighted by molar-refractivity contribution is 0.394. The summed E-state index contributed by atoms with van der Waals surface area (Å²) in [5.41, 5.74) is 20.0. The molecule has 7 aromatic rings. The van der Waals surface area contributed by atoms with E-state index in [0.29, 0.717) is 40.2 Å². The van der Waals surface area contributed by atoms with E-state index < -0.39 is 0 Å². The van der Waals surface area contributed by atoms with E-state index in [-0.39, 0.29) is 0 Å². The molecule has 4 N–H and O–H groups in total. The Morgan fingerprint density at radius 1 is 0.344 bits per heavy atom. The highest BCUT2D eigenvalue weighted by Crippen LogP contribution is 2.42. The van der Waals surface area contributed by atoms with Crippen LogP contribution in [-0.4, -0.2) is 62.6 Å². The van der Waals surface area contributed by atoms with Gasteiger partial charge in [0.15, 0.2) is 0 Å². The van der Waals surface area contributed by atoms with Crippen molar-refractivity contribution in [3.05, 3.63) is 126 Å². The predicted octanol–water partition coefficient (Wildman–Crippen LogP) is 11.0. The summed E-state index contributed by atoms with van der Waals surface area (Å²) in [5, 5.41) is 0. The molecule has 0 amide bonds. The average Bonchev–Trinajstić information content (AvgIpc) is 4.15. The second-order valence-electron chi connectivity index (χ2n) is 14.4. The second-order valence-corrected chi connectivity index (χ2v) is 14.4. The second kappa shape index (κ2) is 16.0. The number of ether oxygens (including phenoxy) is 6. The number of nitrogens with one attached hydrogen (secondary N) is 2. The van der Waals surface area contributed by atoms with Crippen LogP contribution in [0.4, 0.5) is 5.69 Å². The molecule has 2 aliphatic heterocycles. The van der Waals surface area contributed by atoms with Crippen molar-refractivity contribution in [2.45, 2.75) is 0 Å². The van der Waals surface area contributed by atoms with E-state index in [1.165, 1.54) is 0 Å². The third kappa shape index (κ3) is 7.27. The molecule has 8 bridgehead atoms. The van der Waals surface area contributed by atoms with Crippen LogP contribution >= 0.6 is 0 Å². The van der Waals surface area contributed by atoms with Crippen LogP contribution < -0.4 is 34.2 Å². The molecule has 0 saturated heterocycles. The van der Waals surface area contributed by atoms with Crippen molar-refractivity contribution in [2.24, 2.45) is 0 Å². The molecular formula is C50H43N5O6. The Labute approximate surface area is 352 Å². The summed E-state index contributed by atoms with van der Waals surface area (Å²) in [5.74, 6) is 3.85. The Balaban J connectivity index is 1.49. The molecule has 0 unspecified atom stereocenters. The average molecular weight is 810 g/mol. The molecule has 11 nitrogen and oxygen atoms in total. The van der Waals surface area contributed by atoms with Crippen LogP contribution in [0.25, 0.3) is 90.9 Å². The van der Waals surface area contributed by atoms with Gasteiger partial charge in [0.1, 0.15) is 34.5 Å². The van der Waals surface area contributed by atoms with E-state index in [4.69, 9.17) is 44.1 Å². The van der Waals surface area contributed by atoms with Crippen molar-refractivity contribution in [3.63, 3.8) is 0 Å². The molecule has 9 rings (SSSR count). The van der Waals surface area contributed by atoms with Crippen LogP contribution in [0, 0.1) is 0 Å². The van der Waals surface area contributed by atoms with Crippen LogP contribution in [0.5, 0.6) is 34.5 Å². The zero-order chi connectivity index (χ0) is 42.2. The fourth-order valence-corrected chi connectivity index (χ4v) is 7.93. The quantitative estimate of drug-likeness (QED) is 0.115. The third-order valence-corrected chi connectivity index (χ3v) is 10.9. The number of hydrogen-bond donors (Lipinski definition) is 3. The number of anilines is 1. The molecule has 4 aromatic carbocycles. The SMILES string of the molecule is COc1cc(OC)cc(-c2c3nc(c(-c4cc(OC)cc(OC)c4)c4ccc([nH]4)c(-c4cc(OC)cc(OC)c4)c4nc(c(-c5ccc(N)cc5)c5ccc2[nH]5)C=C4)C=C3)c1. The van der Waals surface area contributed by atoms with E-state index in [1.807, 2.05) is 103 Å². The topological polar surface area (TPSA) is 139 Å². The Hall–Kier alpha value is -7.92. The number of nitrogen functional groups attached to an aromatic ring is 1. The minimum Gasteiger partial charge on any atom is -0.497 e. The number of aromatic amines is 2. The zero-order valence-corrected chi connectivity index (χ0v) is 34.5. The summed E-state index contributed by atoms with van der Waals surface area (Å²) in [6.07, 6.45) is 8.15. The molecular weight excluding hydrogens is 767 g/mol. The summed E-state index contributed by atoms with van der Waals surface area (Å²) in [6, 6.07) is 33.6. The zero-order valence-electron chi connectivity index (χ0n) is 34.5. The monoisotopic (exact) mass is 809 g/mol.